The number of rotatable bonds is 10. The van der Waals surface area contributed by atoms with E-state index in [1.807, 2.05) is 36.6 Å². The van der Waals surface area contributed by atoms with Gasteiger partial charge in [-0.3, -0.25) is 0 Å². The molecule has 0 amide bonds. The van der Waals surface area contributed by atoms with E-state index in [-0.39, 0.29) is 6.23 Å². The van der Waals surface area contributed by atoms with Crippen molar-refractivity contribution in [1.29, 1.82) is 0 Å². The van der Waals surface area contributed by atoms with Gasteiger partial charge in [0.2, 0.25) is 0 Å². The molecular weight excluding hydrogens is 436 g/mol. The van der Waals surface area contributed by atoms with Crippen molar-refractivity contribution in [2.45, 2.75) is 52.8 Å². The molecule has 0 N–H and O–H groups in total. The Morgan fingerprint density at radius 1 is 1.09 bits per heavy atom. The summed E-state index contributed by atoms with van der Waals surface area (Å²) >= 11 is 6.18. The van der Waals surface area contributed by atoms with E-state index in [2.05, 4.69) is 64.0 Å². The summed E-state index contributed by atoms with van der Waals surface area (Å²) < 4.78 is 9.49. The van der Waals surface area contributed by atoms with Gasteiger partial charge in [0.05, 0.1) is 0 Å². The van der Waals surface area contributed by atoms with Gasteiger partial charge in [0.1, 0.15) is 12.0 Å². The smallest absolute Gasteiger partial charge is 0.185 e. The number of imidazole rings is 1. The Hall–Kier alpha value is -3.03. The Labute approximate surface area is 199 Å². The number of ether oxygens (including phenoxy) is 1. The van der Waals surface area contributed by atoms with Crippen molar-refractivity contribution in [3.63, 3.8) is 0 Å². The number of benzene rings is 2. The molecule has 0 spiro atoms. The highest BCUT2D eigenvalue weighted by Crippen LogP contribution is 2.33. The lowest BCUT2D eigenvalue weighted by Gasteiger charge is -2.16. The van der Waals surface area contributed by atoms with Gasteiger partial charge in [-0.25, -0.2) is 4.98 Å². The number of tetrazole rings is 1. The second-order valence-corrected chi connectivity index (χ2v) is 8.23. The summed E-state index contributed by atoms with van der Waals surface area (Å²) in [6.07, 6.45) is 5.90. The Bertz CT molecular complexity index is 1190. The molecule has 2 aromatic carbocycles. The van der Waals surface area contributed by atoms with Gasteiger partial charge >= 0.3 is 0 Å². The minimum absolute atomic E-state index is 0.284. The molecule has 0 fully saturated rings. The first-order chi connectivity index (χ1) is 16.1. The van der Waals surface area contributed by atoms with E-state index >= 15 is 0 Å². The van der Waals surface area contributed by atoms with Crippen molar-refractivity contribution < 1.29 is 4.74 Å². The maximum atomic E-state index is 6.18. The molecule has 0 aliphatic heterocycles. The van der Waals surface area contributed by atoms with E-state index < -0.39 is 0 Å². The van der Waals surface area contributed by atoms with E-state index in [0.717, 1.165) is 47.3 Å². The summed E-state index contributed by atoms with van der Waals surface area (Å²) in [7, 11) is 0. The van der Waals surface area contributed by atoms with Gasteiger partial charge in [-0.15, -0.1) is 5.10 Å². The van der Waals surface area contributed by atoms with Crippen molar-refractivity contribution in [3.8, 4) is 22.5 Å². The van der Waals surface area contributed by atoms with Crippen LogP contribution in [0.4, 0.5) is 0 Å². The summed E-state index contributed by atoms with van der Waals surface area (Å²) in [6.45, 7) is 7.26. The quantitative estimate of drug-likeness (QED) is 0.306. The number of halogens is 1. The van der Waals surface area contributed by atoms with E-state index in [9.17, 15) is 0 Å². The fourth-order valence-corrected chi connectivity index (χ4v) is 4.09. The second-order valence-electron chi connectivity index (χ2n) is 7.87. The molecule has 1 unspecified atom stereocenters. The molecule has 4 rings (SSSR count). The molecule has 1 atom stereocenters. The van der Waals surface area contributed by atoms with Crippen molar-refractivity contribution in [1.82, 2.24) is 29.8 Å². The van der Waals surface area contributed by atoms with Crippen molar-refractivity contribution >= 4 is 11.6 Å². The molecular formula is C25H28ClN6O. The van der Waals surface area contributed by atoms with Crippen LogP contribution in [-0.4, -0.2) is 36.4 Å². The van der Waals surface area contributed by atoms with Gasteiger partial charge in [-0.1, -0.05) is 67.4 Å². The zero-order chi connectivity index (χ0) is 23.2. The minimum atomic E-state index is -0.284. The molecule has 0 saturated carbocycles. The molecule has 4 aromatic rings. The van der Waals surface area contributed by atoms with E-state index in [1.54, 1.807) is 4.68 Å². The molecule has 2 aromatic heterocycles. The lowest BCUT2D eigenvalue weighted by atomic mass is 9.96. The average Bonchev–Trinajstić information content (AvgIpc) is 3.45. The maximum absolute atomic E-state index is 6.18. The normalized spacial score (nSPS) is 12.2. The highest BCUT2D eigenvalue weighted by atomic mass is 35.5. The summed E-state index contributed by atoms with van der Waals surface area (Å²) in [6, 6.07) is 16.6. The number of aromatic nitrogens is 6. The predicted molar refractivity (Wildman–Crippen MR) is 129 cm³/mol. The van der Waals surface area contributed by atoms with Crippen LogP contribution in [0.15, 0.2) is 48.5 Å². The third-order valence-corrected chi connectivity index (χ3v) is 5.68. The second kappa shape index (κ2) is 10.7. The van der Waals surface area contributed by atoms with Gasteiger partial charge in [0.15, 0.2) is 17.2 Å². The third kappa shape index (κ3) is 5.31. The number of hydrogen-bond donors (Lipinski definition) is 0. The summed E-state index contributed by atoms with van der Waals surface area (Å²) in [5, 5.41) is 12.9. The van der Waals surface area contributed by atoms with Crippen LogP contribution in [0.5, 0.6) is 0 Å². The first-order valence-electron chi connectivity index (χ1n) is 11.3. The average molecular weight is 464 g/mol. The monoisotopic (exact) mass is 463 g/mol. The largest absolute Gasteiger partial charge is 0.357 e. The Balaban J connectivity index is 1.77. The topological polar surface area (TPSA) is 70.7 Å². The fourth-order valence-electron chi connectivity index (χ4n) is 3.89. The summed E-state index contributed by atoms with van der Waals surface area (Å²) in [4.78, 5) is 4.46. The van der Waals surface area contributed by atoms with E-state index in [1.165, 1.54) is 0 Å². The summed E-state index contributed by atoms with van der Waals surface area (Å²) in [5.41, 5.74) is 4.18. The number of hydrogen-bond acceptors (Lipinski definition) is 5. The summed E-state index contributed by atoms with van der Waals surface area (Å²) in [5.74, 6) is 1.61. The molecule has 0 bridgehead atoms. The standard InChI is InChI=1S/C25H28ClN6O/c1-4-6-12-24-27-23(26)17-31(24)16-19-13-14-21(20-10-8-7-9-11-20)22(15-19)25-28-29-30-32(25)18(3)33-5-2/h7-11,13-15,18H,4-6,12,16H2,1-3H3. The van der Waals surface area contributed by atoms with Gasteiger partial charge < -0.3 is 9.30 Å². The van der Waals surface area contributed by atoms with Gasteiger partial charge in [0, 0.05) is 25.1 Å². The van der Waals surface area contributed by atoms with Crippen molar-refractivity contribution in [3.05, 3.63) is 71.3 Å². The van der Waals surface area contributed by atoms with Gasteiger partial charge in [-0.05, 0) is 53.5 Å². The highest BCUT2D eigenvalue weighted by Gasteiger charge is 2.19. The van der Waals surface area contributed by atoms with Gasteiger partial charge in [-0.2, -0.15) is 4.68 Å². The van der Waals surface area contributed by atoms with Crippen LogP contribution in [0, 0.1) is 6.20 Å². The lowest BCUT2D eigenvalue weighted by molar-refractivity contribution is 0.0159. The van der Waals surface area contributed by atoms with Crippen molar-refractivity contribution in [2.24, 2.45) is 0 Å². The molecule has 7 nitrogen and oxygen atoms in total. The third-order valence-electron chi connectivity index (χ3n) is 5.52. The molecule has 1 radical (unpaired) electrons. The van der Waals surface area contributed by atoms with Crippen LogP contribution in [0.1, 0.15) is 51.2 Å². The van der Waals surface area contributed by atoms with E-state index in [0.29, 0.717) is 24.1 Å². The molecule has 2 heterocycles. The van der Waals surface area contributed by atoms with Crippen LogP contribution in [0.25, 0.3) is 22.5 Å². The lowest BCUT2D eigenvalue weighted by Crippen LogP contribution is -2.13. The Morgan fingerprint density at radius 2 is 1.91 bits per heavy atom. The van der Waals surface area contributed by atoms with Crippen molar-refractivity contribution in [2.75, 3.05) is 6.61 Å². The molecule has 0 aliphatic rings. The zero-order valence-corrected chi connectivity index (χ0v) is 20.0. The molecule has 171 valence electrons. The van der Waals surface area contributed by atoms with Crippen LogP contribution in [-0.2, 0) is 17.7 Å². The number of unbranched alkanes of at least 4 members (excludes halogenated alkanes) is 1. The van der Waals surface area contributed by atoms with Crippen LogP contribution >= 0.6 is 11.6 Å². The SMILES string of the molecule is CCCCc1nc(Cl)[c]n1Cc1ccc(-c2ccccc2)c(-c2nnnn2C(C)OCC)c1. The van der Waals surface area contributed by atoms with E-state index in [4.69, 9.17) is 16.3 Å². The number of aryl methyl sites for hydroxylation is 1. The first kappa shape index (κ1) is 23.1. The minimum Gasteiger partial charge on any atom is -0.357 e. The van der Waals surface area contributed by atoms with Crippen LogP contribution in [0.2, 0.25) is 5.15 Å². The first-order valence-corrected chi connectivity index (χ1v) is 11.7. The maximum Gasteiger partial charge on any atom is 0.185 e. The molecule has 33 heavy (non-hydrogen) atoms. The molecule has 0 saturated heterocycles. The highest BCUT2D eigenvalue weighted by molar-refractivity contribution is 6.29. The number of nitrogens with zero attached hydrogens (tertiary/aromatic N) is 6. The zero-order valence-electron chi connectivity index (χ0n) is 19.2. The van der Waals surface area contributed by atoms with Crippen LogP contribution < -0.4 is 0 Å². The Morgan fingerprint density at radius 3 is 2.67 bits per heavy atom. The molecule has 0 aliphatic carbocycles. The van der Waals surface area contributed by atoms with Crippen LogP contribution in [0.3, 0.4) is 0 Å². The predicted octanol–water partition coefficient (Wildman–Crippen LogP) is 5.60. The fraction of sp³-hybridized carbons (Fsp3) is 0.360. The Kier molecular flexibility index (Phi) is 7.52. The van der Waals surface area contributed by atoms with Gasteiger partial charge in [0.25, 0.3) is 0 Å². The molecule has 8 heteroatoms.